The van der Waals surface area contributed by atoms with Crippen molar-refractivity contribution in [3.63, 3.8) is 0 Å². The van der Waals surface area contributed by atoms with E-state index in [-0.39, 0.29) is 5.91 Å². The molecular formula is C23H23NO4S2. The van der Waals surface area contributed by atoms with E-state index in [2.05, 4.69) is 6.58 Å². The van der Waals surface area contributed by atoms with Crippen molar-refractivity contribution in [3.05, 3.63) is 65.6 Å². The summed E-state index contributed by atoms with van der Waals surface area (Å²) in [6.07, 6.45) is 3.49. The lowest BCUT2D eigenvalue weighted by Gasteiger charge is -2.15. The molecule has 1 saturated heterocycles. The second-order valence-electron chi connectivity index (χ2n) is 6.18. The fourth-order valence-electron chi connectivity index (χ4n) is 2.85. The second-order valence-corrected chi connectivity index (χ2v) is 7.86. The van der Waals surface area contributed by atoms with Gasteiger partial charge < -0.3 is 14.2 Å². The van der Waals surface area contributed by atoms with Crippen LogP contribution in [0.1, 0.15) is 19.4 Å². The molecule has 1 amide bonds. The molecule has 0 unspecified atom stereocenters. The molecule has 5 nitrogen and oxygen atoms in total. The molecule has 1 aliphatic rings. The van der Waals surface area contributed by atoms with Gasteiger partial charge in [-0.15, -0.1) is 0 Å². The zero-order valence-corrected chi connectivity index (χ0v) is 18.6. The van der Waals surface area contributed by atoms with Gasteiger partial charge in [-0.05, 0) is 61.9 Å². The summed E-state index contributed by atoms with van der Waals surface area (Å²) in [6, 6.07) is 12.9. The molecule has 156 valence electrons. The van der Waals surface area contributed by atoms with Crippen molar-refractivity contribution in [1.82, 2.24) is 0 Å². The smallest absolute Gasteiger partial charge is 0.270 e. The first kappa shape index (κ1) is 21.9. The molecule has 0 bridgehead atoms. The lowest BCUT2D eigenvalue weighted by atomic mass is 10.1. The van der Waals surface area contributed by atoms with Crippen molar-refractivity contribution >= 4 is 46.0 Å². The fraction of sp³-hybridized carbons (Fsp3) is 0.217. The summed E-state index contributed by atoms with van der Waals surface area (Å²) in [7, 11) is 0. The summed E-state index contributed by atoms with van der Waals surface area (Å²) < 4.78 is 17.3. The van der Waals surface area contributed by atoms with Crippen LogP contribution in [-0.2, 0) is 4.79 Å². The highest BCUT2D eigenvalue weighted by Gasteiger charge is 2.33. The number of thiocarbonyl (C=S) groups is 1. The molecule has 0 aromatic heterocycles. The van der Waals surface area contributed by atoms with Gasteiger partial charge in [0.25, 0.3) is 5.91 Å². The molecule has 1 aliphatic heterocycles. The van der Waals surface area contributed by atoms with Gasteiger partial charge in [-0.2, -0.15) is 0 Å². The van der Waals surface area contributed by atoms with Gasteiger partial charge in [-0.1, -0.05) is 42.7 Å². The van der Waals surface area contributed by atoms with E-state index >= 15 is 0 Å². The van der Waals surface area contributed by atoms with Gasteiger partial charge in [0.1, 0.15) is 12.4 Å². The highest BCUT2D eigenvalue weighted by molar-refractivity contribution is 8.27. The van der Waals surface area contributed by atoms with Crippen molar-refractivity contribution in [2.24, 2.45) is 0 Å². The Morgan fingerprint density at radius 1 is 1.03 bits per heavy atom. The summed E-state index contributed by atoms with van der Waals surface area (Å²) in [4.78, 5) is 15.1. The Labute approximate surface area is 186 Å². The lowest BCUT2D eigenvalue weighted by Crippen LogP contribution is -2.27. The molecule has 30 heavy (non-hydrogen) atoms. The van der Waals surface area contributed by atoms with Crippen LogP contribution in [0.15, 0.2) is 60.0 Å². The number of hydrogen-bond donors (Lipinski definition) is 0. The summed E-state index contributed by atoms with van der Waals surface area (Å²) in [5.41, 5.74) is 1.55. The number of carbonyl (C=O) groups excluding carboxylic acids is 1. The summed E-state index contributed by atoms with van der Waals surface area (Å²) in [5, 5.41) is 0. The van der Waals surface area contributed by atoms with E-state index in [9.17, 15) is 4.79 Å². The molecule has 3 rings (SSSR count). The number of rotatable bonds is 9. The number of thioether (sulfide) groups is 1. The first-order chi connectivity index (χ1) is 14.6. The normalized spacial score (nSPS) is 14.9. The van der Waals surface area contributed by atoms with Gasteiger partial charge >= 0.3 is 0 Å². The van der Waals surface area contributed by atoms with Gasteiger partial charge in [0, 0.05) is 0 Å². The third-order valence-electron chi connectivity index (χ3n) is 4.12. The first-order valence-electron chi connectivity index (χ1n) is 9.58. The van der Waals surface area contributed by atoms with Crippen LogP contribution in [0.5, 0.6) is 17.2 Å². The van der Waals surface area contributed by atoms with Gasteiger partial charge in [0.2, 0.25) is 0 Å². The molecule has 0 aliphatic carbocycles. The average molecular weight is 442 g/mol. The predicted octanol–water partition coefficient (Wildman–Crippen LogP) is 5.45. The number of anilines is 1. The van der Waals surface area contributed by atoms with E-state index in [0.717, 1.165) is 11.3 Å². The Morgan fingerprint density at radius 2 is 1.77 bits per heavy atom. The molecule has 2 aromatic carbocycles. The highest BCUT2D eigenvalue weighted by Crippen LogP contribution is 2.37. The van der Waals surface area contributed by atoms with Crippen LogP contribution in [0, 0.1) is 0 Å². The standard InChI is InChI=1S/C23H23NO4S2/c1-4-13-28-19-12-7-16(14-20(19)27-6-3)15-21-22(25)24(23(29)30-21)17-8-10-18(11-9-17)26-5-2/h4,7-12,14-15H,1,5-6,13H2,2-3H3. The molecule has 1 fully saturated rings. The molecule has 1 heterocycles. The lowest BCUT2D eigenvalue weighted by molar-refractivity contribution is -0.113. The Hall–Kier alpha value is -2.77. The topological polar surface area (TPSA) is 48.0 Å². The van der Waals surface area contributed by atoms with E-state index in [0.29, 0.717) is 46.2 Å². The first-order valence-corrected chi connectivity index (χ1v) is 10.8. The minimum Gasteiger partial charge on any atom is -0.494 e. The number of benzene rings is 2. The van der Waals surface area contributed by atoms with Gasteiger partial charge in [0.15, 0.2) is 15.8 Å². The van der Waals surface area contributed by atoms with Crippen LogP contribution in [0.3, 0.4) is 0 Å². The Balaban J connectivity index is 1.84. The van der Waals surface area contributed by atoms with Gasteiger partial charge in [0.05, 0.1) is 23.8 Å². The zero-order chi connectivity index (χ0) is 21.5. The molecule has 0 saturated carbocycles. The van der Waals surface area contributed by atoms with Crippen LogP contribution < -0.4 is 19.1 Å². The number of carbonyl (C=O) groups is 1. The van der Waals surface area contributed by atoms with Crippen molar-refractivity contribution < 1.29 is 19.0 Å². The van der Waals surface area contributed by atoms with E-state index in [1.165, 1.54) is 16.7 Å². The second kappa shape index (κ2) is 10.3. The van der Waals surface area contributed by atoms with Crippen LogP contribution in [0.2, 0.25) is 0 Å². The quantitative estimate of drug-likeness (QED) is 0.293. The number of amides is 1. The molecule has 0 atom stereocenters. The van der Waals surface area contributed by atoms with Gasteiger partial charge in [-0.25, -0.2) is 0 Å². The molecule has 7 heteroatoms. The zero-order valence-electron chi connectivity index (χ0n) is 16.9. The minimum atomic E-state index is -0.154. The molecule has 0 N–H and O–H groups in total. The van der Waals surface area contributed by atoms with Crippen LogP contribution in [-0.4, -0.2) is 30.0 Å². The fourth-order valence-corrected chi connectivity index (χ4v) is 4.15. The SMILES string of the molecule is C=CCOc1ccc(C=C2SC(=S)N(c3ccc(OCC)cc3)C2=O)cc1OCC. The monoisotopic (exact) mass is 441 g/mol. The maximum Gasteiger partial charge on any atom is 0.270 e. The minimum absolute atomic E-state index is 0.154. The summed E-state index contributed by atoms with van der Waals surface area (Å²) >= 11 is 6.73. The predicted molar refractivity (Wildman–Crippen MR) is 127 cm³/mol. The maximum atomic E-state index is 13.0. The molecule has 0 spiro atoms. The van der Waals surface area contributed by atoms with E-state index < -0.39 is 0 Å². The number of ether oxygens (including phenoxy) is 3. The maximum absolute atomic E-state index is 13.0. The Kier molecular flexibility index (Phi) is 7.54. The summed E-state index contributed by atoms with van der Waals surface area (Å²) in [6.45, 7) is 8.98. The Morgan fingerprint density at radius 3 is 2.43 bits per heavy atom. The van der Waals surface area contributed by atoms with E-state index in [1.54, 1.807) is 6.08 Å². The average Bonchev–Trinajstić information content (AvgIpc) is 3.01. The van der Waals surface area contributed by atoms with Crippen LogP contribution in [0.4, 0.5) is 5.69 Å². The largest absolute Gasteiger partial charge is 0.494 e. The third-order valence-corrected chi connectivity index (χ3v) is 5.42. The van der Waals surface area contributed by atoms with Crippen molar-refractivity contribution in [2.45, 2.75) is 13.8 Å². The molecule has 0 radical (unpaired) electrons. The van der Waals surface area contributed by atoms with Gasteiger partial charge in [-0.3, -0.25) is 9.69 Å². The van der Waals surface area contributed by atoms with Crippen LogP contribution >= 0.6 is 24.0 Å². The van der Waals surface area contributed by atoms with E-state index in [1.807, 2.05) is 62.4 Å². The highest BCUT2D eigenvalue weighted by atomic mass is 32.2. The van der Waals surface area contributed by atoms with Crippen molar-refractivity contribution in [2.75, 3.05) is 24.7 Å². The van der Waals surface area contributed by atoms with E-state index in [4.69, 9.17) is 26.4 Å². The van der Waals surface area contributed by atoms with Crippen molar-refractivity contribution in [1.29, 1.82) is 0 Å². The van der Waals surface area contributed by atoms with Crippen molar-refractivity contribution in [3.8, 4) is 17.2 Å². The number of hydrogen-bond acceptors (Lipinski definition) is 6. The number of nitrogens with zero attached hydrogens (tertiary/aromatic N) is 1. The third kappa shape index (κ3) is 5.04. The summed E-state index contributed by atoms with van der Waals surface area (Å²) in [5.74, 6) is 1.86. The Bertz CT molecular complexity index is 970. The molecular weight excluding hydrogens is 418 g/mol. The molecule has 2 aromatic rings. The van der Waals surface area contributed by atoms with Crippen LogP contribution in [0.25, 0.3) is 6.08 Å².